The lowest BCUT2D eigenvalue weighted by Crippen LogP contribution is -2.49. The molecule has 4 rings (SSSR count). The Bertz CT molecular complexity index is 845. The second-order valence-electron chi connectivity index (χ2n) is 8.21. The lowest BCUT2D eigenvalue weighted by Gasteiger charge is -2.56. The van der Waals surface area contributed by atoms with Crippen LogP contribution < -0.4 is 0 Å². The van der Waals surface area contributed by atoms with E-state index in [1.54, 1.807) is 0 Å². The van der Waals surface area contributed by atoms with Crippen LogP contribution in [0.3, 0.4) is 0 Å². The van der Waals surface area contributed by atoms with Crippen LogP contribution in [0.1, 0.15) is 68.8 Å². The van der Waals surface area contributed by atoms with E-state index in [-0.39, 0.29) is 30.6 Å². The summed E-state index contributed by atoms with van der Waals surface area (Å²) in [6.07, 6.45) is 2.54. The summed E-state index contributed by atoms with van der Waals surface area (Å²) in [4.78, 5) is 12.2. The first-order valence-electron chi connectivity index (χ1n) is 12.2. The van der Waals surface area contributed by atoms with E-state index in [1.165, 1.54) is 6.08 Å². The maximum Gasteiger partial charge on any atom is 0.156 e. The van der Waals surface area contributed by atoms with Crippen molar-refractivity contribution in [2.75, 3.05) is 0 Å². The number of aliphatic hydroxyl groups is 1. The molecule has 0 aliphatic heterocycles. The van der Waals surface area contributed by atoms with Crippen molar-refractivity contribution in [1.29, 1.82) is 0 Å². The highest BCUT2D eigenvalue weighted by atomic mass is 16.3. The van der Waals surface area contributed by atoms with Gasteiger partial charge in [0.2, 0.25) is 0 Å². The average Bonchev–Trinajstić information content (AvgIpc) is 2.88. The average molecular weight is 322 g/mol. The summed E-state index contributed by atoms with van der Waals surface area (Å²) >= 11 is 0. The van der Waals surface area contributed by atoms with Crippen LogP contribution in [0.2, 0.25) is 0 Å². The van der Waals surface area contributed by atoms with Gasteiger partial charge in [0.25, 0.3) is 0 Å². The molecule has 126 valence electrons. The molecule has 2 fully saturated rings. The SMILES string of the molecule is [2H]C1([2H])C[C@]2(C)C(=CC1=O)C=C[C@@H]1[C@H]2CC[C@@]2(C)[C@H]1CC[C@]2([2H])[C@@]([2H])(O)C([2H])([2H])[2H]. The van der Waals surface area contributed by atoms with Crippen molar-refractivity contribution in [2.45, 2.75) is 65.3 Å². The molecule has 7 atom stereocenters. The molecule has 4 aliphatic carbocycles. The normalized spacial score (nSPS) is 61.7. The van der Waals surface area contributed by atoms with Crippen LogP contribution >= 0.6 is 0 Å². The highest BCUT2D eigenvalue weighted by molar-refractivity contribution is 5.92. The molecule has 0 aromatic heterocycles. The Morgan fingerprint density at radius 3 is 3.00 bits per heavy atom. The highest BCUT2D eigenvalue weighted by Gasteiger charge is 2.58. The molecule has 0 saturated heterocycles. The molecule has 0 spiro atoms. The Morgan fingerprint density at radius 1 is 1.39 bits per heavy atom. The minimum absolute atomic E-state index is 0.00507. The molecule has 0 aromatic rings. The van der Waals surface area contributed by atoms with Gasteiger partial charge in [-0.2, -0.15) is 0 Å². The Hall–Kier alpha value is -0.890. The van der Waals surface area contributed by atoms with Gasteiger partial charge in [-0.3, -0.25) is 4.79 Å². The number of hydrogen-bond donors (Lipinski definition) is 1. The van der Waals surface area contributed by atoms with Crippen molar-refractivity contribution in [2.24, 2.45) is 34.5 Å². The molecular formula is C21H30O2. The highest BCUT2D eigenvalue weighted by Crippen LogP contribution is 2.65. The van der Waals surface area contributed by atoms with Gasteiger partial charge >= 0.3 is 0 Å². The molecule has 23 heavy (non-hydrogen) atoms. The molecule has 2 saturated carbocycles. The van der Waals surface area contributed by atoms with Crippen LogP contribution in [0.25, 0.3) is 0 Å². The number of rotatable bonds is 1. The van der Waals surface area contributed by atoms with E-state index in [0.717, 1.165) is 5.57 Å². The molecule has 0 radical (unpaired) electrons. The van der Waals surface area contributed by atoms with Crippen molar-refractivity contribution < 1.29 is 19.5 Å². The standard InChI is InChI=1S/C21H30O2/c1-13(22)17-6-7-18-16-5-4-14-12-15(23)8-10-20(14,2)19(16)9-11-21(17,18)3/h4-5,12-13,16-19,22H,6-11H2,1-3H3/t13-,16-,17+,18-,19+,20+,21+/m0/s1/i1D3,8D2,13D,17D. The first-order valence-corrected chi connectivity index (χ1v) is 8.69. The van der Waals surface area contributed by atoms with E-state index in [9.17, 15) is 9.90 Å². The maximum atomic E-state index is 12.2. The summed E-state index contributed by atoms with van der Waals surface area (Å²) in [5.41, 5.74) is -0.501. The molecule has 0 bridgehead atoms. The number of hydrogen-bond acceptors (Lipinski definition) is 2. The molecule has 0 heterocycles. The second-order valence-corrected chi connectivity index (χ2v) is 8.21. The number of carbonyl (C=O) groups excluding carboxylic acids is 1. The minimum atomic E-state index is -2.98. The maximum absolute atomic E-state index is 12.2. The summed E-state index contributed by atoms with van der Waals surface area (Å²) < 4.78 is 56.8. The molecule has 0 amide bonds. The number of fused-ring (bicyclic) bond motifs is 5. The van der Waals surface area contributed by atoms with Crippen LogP contribution in [-0.2, 0) is 4.79 Å². The Morgan fingerprint density at radius 2 is 2.22 bits per heavy atom. The summed E-state index contributed by atoms with van der Waals surface area (Å²) in [7, 11) is 0. The van der Waals surface area contributed by atoms with Crippen LogP contribution in [0.4, 0.5) is 0 Å². The van der Waals surface area contributed by atoms with Crippen LogP contribution in [0.5, 0.6) is 0 Å². The largest absolute Gasteiger partial charge is 0.393 e. The lowest BCUT2D eigenvalue weighted by molar-refractivity contribution is -0.116. The van der Waals surface area contributed by atoms with Gasteiger partial charge in [0, 0.05) is 14.6 Å². The van der Waals surface area contributed by atoms with Crippen molar-refractivity contribution in [3.8, 4) is 0 Å². The van der Waals surface area contributed by atoms with Crippen molar-refractivity contribution in [3.63, 3.8) is 0 Å². The van der Waals surface area contributed by atoms with Gasteiger partial charge in [0.1, 0.15) is 0 Å². The van der Waals surface area contributed by atoms with Gasteiger partial charge in [0.05, 0.1) is 7.45 Å². The third-order valence-corrected chi connectivity index (χ3v) is 7.30. The Kier molecular flexibility index (Phi) is 2.10. The second kappa shape index (κ2) is 5.05. The van der Waals surface area contributed by atoms with E-state index in [4.69, 9.17) is 9.60 Å². The third-order valence-electron chi connectivity index (χ3n) is 7.30. The van der Waals surface area contributed by atoms with Gasteiger partial charge in [-0.05, 0) is 85.1 Å². The van der Waals surface area contributed by atoms with Crippen LogP contribution in [-0.4, -0.2) is 17.0 Å². The van der Waals surface area contributed by atoms with Crippen LogP contribution in [0.15, 0.2) is 23.8 Å². The smallest absolute Gasteiger partial charge is 0.156 e. The number of carbonyl (C=O) groups is 1. The summed E-state index contributed by atoms with van der Waals surface area (Å²) in [5.74, 6) is -2.32. The van der Waals surface area contributed by atoms with Crippen molar-refractivity contribution >= 4 is 5.78 Å². The summed E-state index contributed by atoms with van der Waals surface area (Å²) in [6, 6.07) is 0. The quantitative estimate of drug-likeness (QED) is 0.782. The fourth-order valence-corrected chi connectivity index (χ4v) is 5.94. The molecule has 2 heteroatoms. The zero-order valence-electron chi connectivity index (χ0n) is 20.9. The zero-order valence-corrected chi connectivity index (χ0v) is 13.9. The predicted octanol–water partition coefficient (Wildman–Crippen LogP) is 4.29. The first kappa shape index (κ1) is 9.56. The van der Waals surface area contributed by atoms with Crippen LogP contribution in [0, 0.1) is 34.5 Å². The monoisotopic (exact) mass is 321 g/mol. The minimum Gasteiger partial charge on any atom is -0.393 e. The molecular weight excluding hydrogens is 284 g/mol. The Balaban J connectivity index is 1.75. The fourth-order valence-electron chi connectivity index (χ4n) is 5.94. The topological polar surface area (TPSA) is 37.3 Å². The van der Waals surface area contributed by atoms with E-state index < -0.39 is 41.8 Å². The third kappa shape index (κ3) is 2.06. The van der Waals surface area contributed by atoms with E-state index >= 15 is 0 Å². The fraction of sp³-hybridized carbons (Fsp3) is 0.762. The summed E-state index contributed by atoms with van der Waals surface area (Å²) in [6.45, 7) is 0.886. The molecule has 0 unspecified atom stereocenters. The number of ketones is 1. The van der Waals surface area contributed by atoms with Gasteiger partial charge in [0.15, 0.2) is 5.78 Å². The zero-order chi connectivity index (χ0) is 22.5. The first-order chi connectivity index (χ1) is 13.5. The molecule has 0 aromatic carbocycles. The molecule has 4 aliphatic rings. The van der Waals surface area contributed by atoms with E-state index in [2.05, 4.69) is 0 Å². The molecule has 1 N–H and O–H groups in total. The lowest BCUT2D eigenvalue weighted by atomic mass is 9.48. The predicted molar refractivity (Wildman–Crippen MR) is 91.8 cm³/mol. The van der Waals surface area contributed by atoms with Gasteiger partial charge in [-0.1, -0.05) is 26.0 Å². The number of allylic oxidation sites excluding steroid dienone is 4. The Labute approximate surface area is 149 Å². The van der Waals surface area contributed by atoms with E-state index in [0.29, 0.717) is 19.3 Å². The van der Waals surface area contributed by atoms with Gasteiger partial charge in [-0.15, -0.1) is 0 Å². The molecule has 2 nitrogen and oxygen atoms in total. The summed E-state index contributed by atoms with van der Waals surface area (Å²) in [5, 5.41) is 10.7. The van der Waals surface area contributed by atoms with Gasteiger partial charge < -0.3 is 5.11 Å². The van der Waals surface area contributed by atoms with Crippen molar-refractivity contribution in [1.82, 2.24) is 0 Å². The van der Waals surface area contributed by atoms with E-state index in [1.807, 2.05) is 26.0 Å². The van der Waals surface area contributed by atoms with Crippen molar-refractivity contribution in [3.05, 3.63) is 23.8 Å². The van der Waals surface area contributed by atoms with Gasteiger partial charge in [-0.25, -0.2) is 0 Å².